The Morgan fingerprint density at radius 2 is 2.41 bits per heavy atom. The predicted molar refractivity (Wildman–Crippen MR) is 69.0 cm³/mol. The zero-order valence-electron chi connectivity index (χ0n) is 10.4. The topological polar surface area (TPSA) is 41.6 Å². The molecule has 0 bridgehead atoms. The Morgan fingerprint density at radius 3 is 3.06 bits per heavy atom. The van der Waals surface area contributed by atoms with E-state index in [-0.39, 0.29) is 5.91 Å². The molecule has 0 aromatic carbocycles. The monoisotopic (exact) mass is 254 g/mol. The van der Waals surface area contributed by atoms with E-state index in [1.54, 1.807) is 7.11 Å². The van der Waals surface area contributed by atoms with E-state index in [1.165, 1.54) is 11.3 Å². The Hall–Kier alpha value is -1.07. The Morgan fingerprint density at radius 1 is 1.65 bits per heavy atom. The number of nitrogens with one attached hydrogen (secondary N) is 1. The Labute approximate surface area is 106 Å². The lowest BCUT2D eigenvalue weighted by Gasteiger charge is -2.31. The molecule has 0 saturated carbocycles. The van der Waals surface area contributed by atoms with E-state index < -0.39 is 0 Å². The molecule has 0 aliphatic carbocycles. The summed E-state index contributed by atoms with van der Waals surface area (Å²) in [4.78, 5) is 16.1. The lowest BCUT2D eigenvalue weighted by molar-refractivity contribution is 0.0711. The molecule has 1 amide bonds. The first-order valence-corrected chi connectivity index (χ1v) is 6.60. The van der Waals surface area contributed by atoms with Gasteiger partial charge in [0.1, 0.15) is 10.6 Å². The van der Waals surface area contributed by atoms with Gasteiger partial charge in [-0.3, -0.25) is 4.79 Å². The van der Waals surface area contributed by atoms with Crippen LogP contribution in [-0.4, -0.2) is 43.6 Å². The molecular weight excluding hydrogens is 236 g/mol. The Bertz CT molecular complexity index is 417. The van der Waals surface area contributed by atoms with Crippen LogP contribution < -0.4 is 10.1 Å². The number of nitrogens with zero attached hydrogens (tertiary/aromatic N) is 1. The number of carbonyl (C=O) groups is 1. The molecule has 1 atom stereocenters. The fraction of sp³-hybridized carbons (Fsp3) is 0.583. The fourth-order valence-electron chi connectivity index (χ4n) is 2.05. The fourth-order valence-corrected chi connectivity index (χ4v) is 3.00. The number of hydrogen-bond donors (Lipinski definition) is 1. The van der Waals surface area contributed by atoms with Crippen molar-refractivity contribution in [3.05, 3.63) is 15.8 Å². The van der Waals surface area contributed by atoms with Crippen LogP contribution in [0.5, 0.6) is 5.75 Å². The van der Waals surface area contributed by atoms with Gasteiger partial charge < -0.3 is 15.0 Å². The molecule has 1 aliphatic rings. The molecule has 94 valence electrons. The van der Waals surface area contributed by atoms with Gasteiger partial charge in [-0.25, -0.2) is 0 Å². The molecule has 1 aliphatic heterocycles. The third kappa shape index (κ3) is 2.61. The molecule has 2 rings (SSSR count). The van der Waals surface area contributed by atoms with Crippen LogP contribution in [0.2, 0.25) is 0 Å². The normalized spacial score (nSPS) is 20.4. The quantitative estimate of drug-likeness (QED) is 0.869. The van der Waals surface area contributed by atoms with Crippen LogP contribution in [-0.2, 0) is 0 Å². The van der Waals surface area contributed by atoms with Crippen molar-refractivity contribution < 1.29 is 9.53 Å². The molecule has 0 radical (unpaired) electrons. The average molecular weight is 254 g/mol. The number of thiophene rings is 1. The Kier molecular flexibility index (Phi) is 3.69. The van der Waals surface area contributed by atoms with Crippen molar-refractivity contribution in [3.8, 4) is 5.75 Å². The first-order chi connectivity index (χ1) is 8.11. The molecule has 5 heteroatoms. The predicted octanol–water partition coefficient (Wildman–Crippen LogP) is 1.50. The molecule has 2 heterocycles. The number of hydrogen-bond acceptors (Lipinski definition) is 4. The second kappa shape index (κ2) is 5.06. The van der Waals surface area contributed by atoms with Crippen molar-refractivity contribution in [3.63, 3.8) is 0 Å². The first-order valence-electron chi connectivity index (χ1n) is 5.79. The maximum atomic E-state index is 12.4. The Balaban J connectivity index is 2.18. The molecule has 4 nitrogen and oxygen atoms in total. The van der Waals surface area contributed by atoms with Crippen LogP contribution in [0.1, 0.15) is 21.5 Å². The number of ether oxygens (including phenoxy) is 1. The number of rotatable bonds is 2. The van der Waals surface area contributed by atoms with E-state index in [4.69, 9.17) is 4.74 Å². The van der Waals surface area contributed by atoms with Gasteiger partial charge in [-0.15, -0.1) is 11.3 Å². The van der Waals surface area contributed by atoms with Gasteiger partial charge in [-0.05, 0) is 19.9 Å². The summed E-state index contributed by atoms with van der Waals surface area (Å²) in [6, 6.07) is 2.28. The molecule has 17 heavy (non-hydrogen) atoms. The van der Waals surface area contributed by atoms with Gasteiger partial charge in [0.15, 0.2) is 0 Å². The number of aryl methyl sites for hydroxylation is 1. The van der Waals surface area contributed by atoms with Crippen LogP contribution in [0.3, 0.4) is 0 Å². The summed E-state index contributed by atoms with van der Waals surface area (Å²) in [6.07, 6.45) is 0. The van der Waals surface area contributed by atoms with Gasteiger partial charge in [-0.2, -0.15) is 0 Å². The van der Waals surface area contributed by atoms with Crippen LogP contribution in [0.15, 0.2) is 6.07 Å². The van der Waals surface area contributed by atoms with Crippen LogP contribution in [0.25, 0.3) is 0 Å². The highest BCUT2D eigenvalue weighted by atomic mass is 32.1. The van der Waals surface area contributed by atoms with Crippen molar-refractivity contribution >= 4 is 17.2 Å². The van der Waals surface area contributed by atoms with Gasteiger partial charge in [0.05, 0.1) is 7.11 Å². The lowest BCUT2D eigenvalue weighted by atomic mass is 10.2. The number of methoxy groups -OCH3 is 1. The summed E-state index contributed by atoms with van der Waals surface area (Å²) in [6.45, 7) is 6.47. The molecule has 1 N–H and O–H groups in total. The summed E-state index contributed by atoms with van der Waals surface area (Å²) < 4.78 is 5.25. The van der Waals surface area contributed by atoms with Crippen LogP contribution >= 0.6 is 11.3 Å². The number of amides is 1. The summed E-state index contributed by atoms with van der Waals surface area (Å²) in [5, 5.41) is 3.33. The molecule has 0 spiro atoms. The molecule has 1 fully saturated rings. The zero-order valence-corrected chi connectivity index (χ0v) is 11.3. The molecule has 1 saturated heterocycles. The number of piperazine rings is 1. The minimum atomic E-state index is 0.0910. The third-order valence-corrected chi connectivity index (χ3v) is 3.91. The van der Waals surface area contributed by atoms with Gasteiger partial charge in [0.25, 0.3) is 5.91 Å². The van der Waals surface area contributed by atoms with Crippen molar-refractivity contribution in [2.75, 3.05) is 26.7 Å². The van der Waals surface area contributed by atoms with Gasteiger partial charge in [-0.1, -0.05) is 0 Å². The summed E-state index contributed by atoms with van der Waals surface area (Å²) in [7, 11) is 1.61. The van der Waals surface area contributed by atoms with E-state index in [0.29, 0.717) is 11.8 Å². The second-order valence-electron chi connectivity index (χ2n) is 4.36. The first kappa shape index (κ1) is 12.4. The lowest BCUT2D eigenvalue weighted by Crippen LogP contribution is -2.51. The minimum Gasteiger partial charge on any atom is -0.495 e. The number of carbonyl (C=O) groups excluding carboxylic acids is 1. The van der Waals surface area contributed by atoms with Crippen LogP contribution in [0.4, 0.5) is 0 Å². The van der Waals surface area contributed by atoms with E-state index in [9.17, 15) is 4.79 Å². The third-order valence-electron chi connectivity index (χ3n) is 2.89. The van der Waals surface area contributed by atoms with E-state index in [0.717, 1.165) is 29.4 Å². The molecule has 1 aromatic rings. The highest BCUT2D eigenvalue weighted by molar-refractivity contribution is 7.14. The maximum absolute atomic E-state index is 12.4. The highest BCUT2D eigenvalue weighted by Gasteiger charge is 2.25. The second-order valence-corrected chi connectivity index (χ2v) is 5.62. The SMILES string of the molecule is COc1cc(C)sc1C(=O)N1CCNC(C)C1. The van der Waals surface area contributed by atoms with Gasteiger partial charge in [0, 0.05) is 30.6 Å². The standard InChI is InChI=1S/C12H18N2O2S/c1-8-7-14(5-4-13-8)12(15)11-10(16-3)6-9(2)17-11/h6,8,13H,4-5,7H2,1-3H3. The van der Waals surface area contributed by atoms with Crippen molar-refractivity contribution in [1.29, 1.82) is 0 Å². The summed E-state index contributed by atoms with van der Waals surface area (Å²) in [5.74, 6) is 0.789. The zero-order chi connectivity index (χ0) is 12.4. The minimum absolute atomic E-state index is 0.0910. The van der Waals surface area contributed by atoms with Crippen molar-refractivity contribution in [2.45, 2.75) is 19.9 Å². The van der Waals surface area contributed by atoms with E-state index in [2.05, 4.69) is 12.2 Å². The molecular formula is C12H18N2O2S. The van der Waals surface area contributed by atoms with E-state index >= 15 is 0 Å². The maximum Gasteiger partial charge on any atom is 0.267 e. The van der Waals surface area contributed by atoms with Gasteiger partial charge >= 0.3 is 0 Å². The average Bonchev–Trinajstić information content (AvgIpc) is 2.69. The smallest absolute Gasteiger partial charge is 0.267 e. The largest absolute Gasteiger partial charge is 0.495 e. The highest BCUT2D eigenvalue weighted by Crippen LogP contribution is 2.30. The summed E-state index contributed by atoms with van der Waals surface area (Å²) in [5.41, 5.74) is 0. The van der Waals surface area contributed by atoms with Crippen molar-refractivity contribution in [2.24, 2.45) is 0 Å². The summed E-state index contributed by atoms with van der Waals surface area (Å²) >= 11 is 1.51. The van der Waals surface area contributed by atoms with Gasteiger partial charge in [0.2, 0.25) is 0 Å². The molecule has 1 aromatic heterocycles. The van der Waals surface area contributed by atoms with Crippen LogP contribution in [0, 0.1) is 6.92 Å². The van der Waals surface area contributed by atoms with Crippen molar-refractivity contribution in [1.82, 2.24) is 10.2 Å². The van der Waals surface area contributed by atoms with E-state index in [1.807, 2.05) is 17.9 Å². The molecule has 1 unspecified atom stereocenters.